The van der Waals surface area contributed by atoms with Gasteiger partial charge in [0.15, 0.2) is 0 Å². The molecule has 7 heteroatoms. The molecule has 3 rings (SSSR count). The van der Waals surface area contributed by atoms with Crippen molar-refractivity contribution in [2.24, 2.45) is 10.2 Å². The number of rotatable bonds is 7. The Morgan fingerprint density at radius 3 is 2.38 bits per heavy atom. The van der Waals surface area contributed by atoms with E-state index in [2.05, 4.69) is 10.2 Å². The third kappa shape index (κ3) is 5.09. The summed E-state index contributed by atoms with van der Waals surface area (Å²) in [7, 11) is 0. The molecule has 0 aliphatic carbocycles. The van der Waals surface area contributed by atoms with Crippen molar-refractivity contribution in [3.8, 4) is 5.75 Å². The maximum Gasteiger partial charge on any atom is 0.324 e. The van der Waals surface area contributed by atoms with Gasteiger partial charge in [-0.25, -0.2) is 0 Å². The quantitative estimate of drug-likeness (QED) is 0.346. The minimum absolute atomic E-state index is 0.0847. The van der Waals surface area contributed by atoms with Crippen LogP contribution in [0.25, 0.3) is 0 Å². The first-order valence-electron chi connectivity index (χ1n) is 7.78. The lowest BCUT2D eigenvalue weighted by molar-refractivity contribution is -0.380. The Bertz CT molecular complexity index is 919. The van der Waals surface area contributed by atoms with E-state index < -0.39 is 4.92 Å². The van der Waals surface area contributed by atoms with Gasteiger partial charge in [-0.05, 0) is 41.5 Å². The zero-order valence-corrected chi connectivity index (χ0v) is 14.5. The van der Waals surface area contributed by atoms with Crippen LogP contribution >= 0.6 is 11.3 Å². The highest BCUT2D eigenvalue weighted by Gasteiger charge is 2.07. The van der Waals surface area contributed by atoms with Gasteiger partial charge in [0, 0.05) is 6.07 Å². The van der Waals surface area contributed by atoms with Gasteiger partial charge >= 0.3 is 5.00 Å². The highest BCUT2D eigenvalue weighted by molar-refractivity contribution is 7.16. The third-order valence-corrected chi connectivity index (χ3v) is 4.35. The van der Waals surface area contributed by atoms with Crippen LogP contribution in [-0.4, -0.2) is 17.4 Å². The molecule has 0 aliphatic heterocycles. The van der Waals surface area contributed by atoms with Crippen molar-refractivity contribution in [1.82, 2.24) is 0 Å². The average Bonchev–Trinajstić information content (AvgIpc) is 3.15. The molecule has 0 aliphatic rings. The first-order valence-corrected chi connectivity index (χ1v) is 8.60. The van der Waals surface area contributed by atoms with Gasteiger partial charge in [-0.15, -0.1) is 0 Å². The van der Waals surface area contributed by atoms with Crippen LogP contribution in [0.5, 0.6) is 5.75 Å². The van der Waals surface area contributed by atoms with E-state index in [9.17, 15) is 10.1 Å². The monoisotopic (exact) mass is 365 g/mol. The Labute approximate surface area is 154 Å². The van der Waals surface area contributed by atoms with E-state index in [0.29, 0.717) is 11.5 Å². The Balaban J connectivity index is 1.52. The van der Waals surface area contributed by atoms with Crippen molar-refractivity contribution in [2.75, 3.05) is 0 Å². The largest absolute Gasteiger partial charge is 0.489 e. The maximum atomic E-state index is 10.6. The third-order valence-electron chi connectivity index (χ3n) is 3.38. The lowest BCUT2D eigenvalue weighted by atomic mass is 10.2. The topological polar surface area (TPSA) is 77.1 Å². The maximum absolute atomic E-state index is 10.6. The highest BCUT2D eigenvalue weighted by atomic mass is 32.1. The summed E-state index contributed by atoms with van der Waals surface area (Å²) in [5.41, 5.74) is 1.99. The van der Waals surface area contributed by atoms with E-state index in [1.807, 2.05) is 54.6 Å². The summed E-state index contributed by atoms with van der Waals surface area (Å²) in [6.45, 7) is 0.519. The number of nitrogens with zero attached hydrogens (tertiary/aromatic N) is 3. The molecule has 3 aromatic rings. The molecule has 0 unspecified atom stereocenters. The van der Waals surface area contributed by atoms with E-state index in [4.69, 9.17) is 4.74 Å². The molecule has 26 heavy (non-hydrogen) atoms. The van der Waals surface area contributed by atoms with Gasteiger partial charge in [-0.2, -0.15) is 10.2 Å². The molecule has 0 saturated heterocycles. The Morgan fingerprint density at radius 2 is 1.69 bits per heavy atom. The fourth-order valence-electron chi connectivity index (χ4n) is 2.09. The van der Waals surface area contributed by atoms with Crippen molar-refractivity contribution < 1.29 is 9.66 Å². The number of ether oxygens (including phenoxy) is 1. The summed E-state index contributed by atoms with van der Waals surface area (Å²) in [6.07, 6.45) is 3.10. The Kier molecular flexibility index (Phi) is 5.84. The fourth-order valence-corrected chi connectivity index (χ4v) is 2.78. The summed E-state index contributed by atoms with van der Waals surface area (Å²) in [5, 5.41) is 18.6. The van der Waals surface area contributed by atoms with E-state index in [-0.39, 0.29) is 5.00 Å². The molecule has 0 radical (unpaired) electrons. The zero-order valence-electron chi connectivity index (χ0n) is 13.7. The molecule has 130 valence electrons. The van der Waals surface area contributed by atoms with Crippen molar-refractivity contribution in [1.29, 1.82) is 0 Å². The molecule has 0 fully saturated rings. The average molecular weight is 365 g/mol. The van der Waals surface area contributed by atoms with Crippen LogP contribution in [0.15, 0.2) is 76.9 Å². The Morgan fingerprint density at radius 1 is 0.962 bits per heavy atom. The molecule has 0 saturated carbocycles. The number of nitro groups is 1. The summed E-state index contributed by atoms with van der Waals surface area (Å²) < 4.78 is 5.72. The fraction of sp³-hybridized carbons (Fsp3) is 0.0526. The lowest BCUT2D eigenvalue weighted by Gasteiger charge is -2.06. The van der Waals surface area contributed by atoms with Crippen LogP contribution in [0.3, 0.4) is 0 Å². The number of hydrogen-bond acceptors (Lipinski definition) is 6. The van der Waals surface area contributed by atoms with Crippen molar-refractivity contribution in [3.63, 3.8) is 0 Å². The molecular formula is C19H15N3O3S. The summed E-state index contributed by atoms with van der Waals surface area (Å²) in [5.74, 6) is 0.778. The van der Waals surface area contributed by atoms with Crippen LogP contribution < -0.4 is 4.74 Å². The summed E-state index contributed by atoms with van der Waals surface area (Å²) in [4.78, 5) is 10.9. The highest BCUT2D eigenvalue weighted by Crippen LogP contribution is 2.22. The van der Waals surface area contributed by atoms with Crippen LogP contribution in [0.1, 0.15) is 16.0 Å². The number of thiophene rings is 1. The van der Waals surface area contributed by atoms with E-state index >= 15 is 0 Å². The molecule has 1 heterocycles. The molecule has 6 nitrogen and oxygen atoms in total. The van der Waals surface area contributed by atoms with E-state index in [1.54, 1.807) is 12.3 Å². The summed E-state index contributed by atoms with van der Waals surface area (Å²) in [6, 6.07) is 20.6. The zero-order chi connectivity index (χ0) is 18.2. The predicted octanol–water partition coefficient (Wildman–Crippen LogP) is 4.69. The van der Waals surface area contributed by atoms with Gasteiger partial charge in [0.05, 0.1) is 22.2 Å². The number of hydrogen-bond donors (Lipinski definition) is 0. The van der Waals surface area contributed by atoms with Gasteiger partial charge in [0.2, 0.25) is 0 Å². The second-order valence-corrected chi connectivity index (χ2v) is 6.36. The molecular weight excluding hydrogens is 350 g/mol. The molecule has 1 aromatic heterocycles. The Hall–Kier alpha value is -3.32. The van der Waals surface area contributed by atoms with E-state index in [0.717, 1.165) is 28.2 Å². The second kappa shape index (κ2) is 8.68. The first kappa shape index (κ1) is 17.5. The normalized spacial score (nSPS) is 11.2. The molecule has 0 N–H and O–H groups in total. The van der Waals surface area contributed by atoms with Gasteiger partial charge in [0.25, 0.3) is 0 Å². The van der Waals surface area contributed by atoms with Crippen molar-refractivity contribution >= 4 is 28.8 Å². The lowest BCUT2D eigenvalue weighted by Crippen LogP contribution is -1.94. The molecule has 0 bridgehead atoms. The minimum atomic E-state index is -0.424. The minimum Gasteiger partial charge on any atom is -0.489 e. The van der Waals surface area contributed by atoms with E-state index in [1.165, 1.54) is 12.3 Å². The molecule has 0 atom stereocenters. The van der Waals surface area contributed by atoms with Crippen LogP contribution in [0, 0.1) is 10.1 Å². The van der Waals surface area contributed by atoms with Crippen molar-refractivity contribution in [2.45, 2.75) is 6.61 Å². The number of benzene rings is 2. The molecule has 0 amide bonds. The van der Waals surface area contributed by atoms with Crippen LogP contribution in [0.2, 0.25) is 0 Å². The van der Waals surface area contributed by atoms with Crippen LogP contribution in [0.4, 0.5) is 5.00 Å². The second-order valence-electron chi connectivity index (χ2n) is 5.27. The van der Waals surface area contributed by atoms with Gasteiger partial charge in [0.1, 0.15) is 12.4 Å². The van der Waals surface area contributed by atoms with Gasteiger partial charge < -0.3 is 4.74 Å². The van der Waals surface area contributed by atoms with Gasteiger partial charge in [-0.1, -0.05) is 41.7 Å². The standard InChI is InChI=1S/C19H15N3O3S/c23-22(24)19-11-10-18(26-19)13-21-20-12-15-6-8-17(9-7-15)25-14-16-4-2-1-3-5-16/h1-13H,14H2/b20-12+,21-13+. The molecule has 0 spiro atoms. The van der Waals surface area contributed by atoms with Crippen molar-refractivity contribution in [3.05, 3.63) is 92.8 Å². The molecule has 2 aromatic carbocycles. The SMILES string of the molecule is O=[N+]([O-])c1ccc(/C=N/N=C/c2ccc(OCc3ccccc3)cc2)s1. The van der Waals surface area contributed by atoms with Crippen LogP contribution in [-0.2, 0) is 6.61 Å². The summed E-state index contributed by atoms with van der Waals surface area (Å²) >= 11 is 1.05. The smallest absolute Gasteiger partial charge is 0.324 e. The first-order chi connectivity index (χ1) is 12.7. The predicted molar refractivity (Wildman–Crippen MR) is 103 cm³/mol. The van der Waals surface area contributed by atoms with Gasteiger partial charge in [-0.3, -0.25) is 10.1 Å².